The van der Waals surface area contributed by atoms with Crippen molar-refractivity contribution < 1.29 is 9.72 Å². The summed E-state index contributed by atoms with van der Waals surface area (Å²) in [5.41, 5.74) is 6.58. The third-order valence-corrected chi connectivity index (χ3v) is 3.37. The molecule has 0 bridgehead atoms. The van der Waals surface area contributed by atoms with Crippen LogP contribution in [0.3, 0.4) is 0 Å². The van der Waals surface area contributed by atoms with Gasteiger partial charge in [0.2, 0.25) is 0 Å². The molecule has 1 heterocycles. The summed E-state index contributed by atoms with van der Waals surface area (Å²) in [6.07, 6.45) is 1.63. The van der Waals surface area contributed by atoms with Crippen molar-refractivity contribution in [2.45, 2.75) is 0 Å². The highest BCUT2D eigenvalue weighted by Gasteiger charge is 2.16. The van der Waals surface area contributed by atoms with Gasteiger partial charge in [-0.1, -0.05) is 18.2 Å². The Morgan fingerprint density at radius 2 is 1.96 bits per heavy atom. The topological polar surface area (TPSA) is 111 Å². The summed E-state index contributed by atoms with van der Waals surface area (Å²) >= 11 is 0. The van der Waals surface area contributed by atoms with E-state index in [-0.39, 0.29) is 16.9 Å². The molecule has 0 aliphatic carbocycles. The number of nitrogens with two attached hydrogens (primary N) is 1. The summed E-state index contributed by atoms with van der Waals surface area (Å²) in [5, 5.41) is 14.5. The lowest BCUT2D eigenvalue weighted by Gasteiger charge is -2.08. The molecular weight excluding hydrogens is 296 g/mol. The molecule has 7 heteroatoms. The third kappa shape index (κ3) is 2.80. The van der Waals surface area contributed by atoms with E-state index < -0.39 is 10.8 Å². The number of rotatable bonds is 3. The van der Waals surface area contributed by atoms with Crippen molar-refractivity contribution >= 4 is 33.9 Å². The van der Waals surface area contributed by atoms with Crippen molar-refractivity contribution in [2.75, 3.05) is 11.1 Å². The highest BCUT2D eigenvalue weighted by atomic mass is 16.6. The number of nitro groups is 1. The number of hydrogen-bond donors (Lipinski definition) is 2. The average Bonchev–Trinajstić information content (AvgIpc) is 2.55. The first-order valence-electron chi connectivity index (χ1n) is 6.75. The molecule has 0 fully saturated rings. The van der Waals surface area contributed by atoms with E-state index in [2.05, 4.69) is 10.3 Å². The van der Waals surface area contributed by atoms with E-state index in [0.29, 0.717) is 11.2 Å². The van der Waals surface area contributed by atoms with Gasteiger partial charge in [-0.15, -0.1) is 0 Å². The largest absolute Gasteiger partial charge is 0.393 e. The number of amides is 1. The number of anilines is 2. The standard InChI is InChI=1S/C16H12N4O3/c17-12-7-6-11(9-14(12)20(22)23)16(21)19-13-5-1-3-10-4-2-8-18-15(10)13/h1-9H,17H2,(H,19,21). The number of benzene rings is 2. The quantitative estimate of drug-likeness (QED) is 0.439. The maximum Gasteiger partial charge on any atom is 0.292 e. The molecule has 1 amide bonds. The Hall–Kier alpha value is -3.48. The van der Waals surface area contributed by atoms with Crippen LogP contribution in [0, 0.1) is 10.1 Å². The summed E-state index contributed by atoms with van der Waals surface area (Å²) in [6.45, 7) is 0. The maximum absolute atomic E-state index is 12.3. The fraction of sp³-hybridized carbons (Fsp3) is 0. The molecule has 0 atom stereocenters. The number of carbonyl (C=O) groups is 1. The van der Waals surface area contributed by atoms with Gasteiger partial charge in [0.1, 0.15) is 5.69 Å². The number of aromatic nitrogens is 1. The first-order valence-corrected chi connectivity index (χ1v) is 6.75. The van der Waals surface area contributed by atoms with Crippen LogP contribution in [-0.2, 0) is 0 Å². The second kappa shape index (κ2) is 5.72. The van der Waals surface area contributed by atoms with E-state index in [4.69, 9.17) is 5.73 Å². The van der Waals surface area contributed by atoms with Crippen LogP contribution in [0.1, 0.15) is 10.4 Å². The molecule has 0 aliphatic rings. The van der Waals surface area contributed by atoms with Crippen molar-refractivity contribution in [3.63, 3.8) is 0 Å². The Morgan fingerprint density at radius 1 is 1.17 bits per heavy atom. The third-order valence-electron chi connectivity index (χ3n) is 3.37. The second-order valence-electron chi connectivity index (χ2n) is 4.87. The zero-order chi connectivity index (χ0) is 16.4. The van der Waals surface area contributed by atoms with E-state index in [9.17, 15) is 14.9 Å². The van der Waals surface area contributed by atoms with Crippen molar-refractivity contribution in [1.82, 2.24) is 4.98 Å². The van der Waals surface area contributed by atoms with Gasteiger partial charge in [0.25, 0.3) is 11.6 Å². The molecule has 23 heavy (non-hydrogen) atoms. The monoisotopic (exact) mass is 308 g/mol. The number of nitrogen functional groups attached to an aromatic ring is 1. The molecule has 7 nitrogen and oxygen atoms in total. The van der Waals surface area contributed by atoms with Gasteiger partial charge < -0.3 is 11.1 Å². The first kappa shape index (κ1) is 14.5. The summed E-state index contributed by atoms with van der Waals surface area (Å²) in [4.78, 5) is 26.9. The molecule has 0 radical (unpaired) electrons. The Balaban J connectivity index is 1.95. The zero-order valence-electron chi connectivity index (χ0n) is 11.9. The van der Waals surface area contributed by atoms with Crippen LogP contribution in [0.5, 0.6) is 0 Å². The van der Waals surface area contributed by atoms with Crippen molar-refractivity contribution in [2.24, 2.45) is 0 Å². The van der Waals surface area contributed by atoms with Gasteiger partial charge in [0.15, 0.2) is 0 Å². The van der Waals surface area contributed by atoms with Gasteiger partial charge in [-0.2, -0.15) is 0 Å². The molecule has 0 unspecified atom stereocenters. The SMILES string of the molecule is Nc1ccc(C(=O)Nc2cccc3cccnc23)cc1[N+](=O)[O-]. The molecule has 3 rings (SSSR count). The number of para-hydroxylation sites is 1. The number of nitrogens with zero attached hydrogens (tertiary/aromatic N) is 2. The summed E-state index contributed by atoms with van der Waals surface area (Å²) in [6, 6.07) is 13.0. The average molecular weight is 308 g/mol. The molecule has 3 aromatic rings. The Kier molecular flexibility index (Phi) is 3.60. The Bertz CT molecular complexity index is 919. The molecule has 1 aromatic heterocycles. The van der Waals surface area contributed by atoms with Crippen molar-refractivity contribution in [1.29, 1.82) is 0 Å². The lowest BCUT2D eigenvalue weighted by Crippen LogP contribution is -2.13. The maximum atomic E-state index is 12.3. The van der Waals surface area contributed by atoms with Crippen LogP contribution in [0.25, 0.3) is 10.9 Å². The van der Waals surface area contributed by atoms with Crippen LogP contribution in [-0.4, -0.2) is 15.8 Å². The van der Waals surface area contributed by atoms with Crippen LogP contribution in [0.15, 0.2) is 54.7 Å². The predicted molar refractivity (Wildman–Crippen MR) is 87.2 cm³/mol. The number of nitrogens with one attached hydrogen (secondary N) is 1. The molecule has 3 N–H and O–H groups in total. The molecule has 2 aromatic carbocycles. The summed E-state index contributed by atoms with van der Waals surface area (Å²) in [5.74, 6) is -0.466. The van der Waals surface area contributed by atoms with Gasteiger partial charge in [-0.25, -0.2) is 0 Å². The lowest BCUT2D eigenvalue weighted by molar-refractivity contribution is -0.383. The Morgan fingerprint density at radius 3 is 2.74 bits per heavy atom. The zero-order valence-corrected chi connectivity index (χ0v) is 11.9. The van der Waals surface area contributed by atoms with Crippen LogP contribution in [0.2, 0.25) is 0 Å². The molecule has 0 saturated heterocycles. The number of carbonyl (C=O) groups excluding carboxylic acids is 1. The first-order chi connectivity index (χ1) is 11.1. The number of nitro benzene ring substituents is 1. The van der Waals surface area contributed by atoms with Crippen molar-refractivity contribution in [3.05, 3.63) is 70.4 Å². The van der Waals surface area contributed by atoms with Gasteiger partial charge in [0, 0.05) is 23.2 Å². The molecule has 114 valence electrons. The second-order valence-corrected chi connectivity index (χ2v) is 4.87. The van der Waals surface area contributed by atoms with E-state index in [1.165, 1.54) is 12.1 Å². The highest BCUT2D eigenvalue weighted by Crippen LogP contribution is 2.24. The summed E-state index contributed by atoms with van der Waals surface area (Å²) < 4.78 is 0. The van der Waals surface area contributed by atoms with E-state index in [1.54, 1.807) is 24.4 Å². The smallest absolute Gasteiger partial charge is 0.292 e. The Labute approximate surface area is 130 Å². The van der Waals surface area contributed by atoms with Crippen molar-refractivity contribution in [3.8, 4) is 0 Å². The fourth-order valence-corrected chi connectivity index (χ4v) is 2.24. The normalized spacial score (nSPS) is 10.4. The van der Waals surface area contributed by atoms with Gasteiger partial charge in [0.05, 0.1) is 16.1 Å². The molecular formula is C16H12N4O3. The van der Waals surface area contributed by atoms with E-state index in [0.717, 1.165) is 11.5 Å². The summed E-state index contributed by atoms with van der Waals surface area (Å²) in [7, 11) is 0. The molecule has 0 spiro atoms. The van der Waals surface area contributed by atoms with Gasteiger partial charge >= 0.3 is 0 Å². The van der Waals surface area contributed by atoms with E-state index in [1.807, 2.05) is 12.1 Å². The number of hydrogen-bond acceptors (Lipinski definition) is 5. The van der Waals surface area contributed by atoms with Crippen LogP contribution in [0.4, 0.5) is 17.1 Å². The minimum absolute atomic E-state index is 0.0124. The van der Waals surface area contributed by atoms with Gasteiger partial charge in [-0.3, -0.25) is 19.9 Å². The molecule has 0 saturated carbocycles. The minimum atomic E-state index is -0.619. The fourth-order valence-electron chi connectivity index (χ4n) is 2.24. The number of pyridine rings is 1. The van der Waals surface area contributed by atoms with E-state index >= 15 is 0 Å². The van der Waals surface area contributed by atoms with Gasteiger partial charge in [-0.05, 0) is 24.3 Å². The van der Waals surface area contributed by atoms with Crippen LogP contribution < -0.4 is 11.1 Å². The predicted octanol–water partition coefficient (Wildman–Crippen LogP) is 2.98. The lowest BCUT2D eigenvalue weighted by atomic mass is 10.1. The molecule has 0 aliphatic heterocycles. The number of fused-ring (bicyclic) bond motifs is 1. The van der Waals surface area contributed by atoms with Crippen LogP contribution >= 0.6 is 0 Å². The highest BCUT2D eigenvalue weighted by molar-refractivity contribution is 6.08. The minimum Gasteiger partial charge on any atom is -0.393 e.